The lowest BCUT2D eigenvalue weighted by atomic mass is 9.95. The minimum absolute atomic E-state index is 0.588. The number of fused-ring (bicyclic) bond motifs is 2. The molecule has 3 atom stereocenters. The van der Waals surface area contributed by atoms with Crippen LogP contribution < -0.4 is 5.32 Å². The number of nitrogens with one attached hydrogen (secondary N) is 1. The molecule has 0 radical (unpaired) electrons. The largest absolute Gasteiger partial charge is 0.383 e. The molecule has 3 nitrogen and oxygen atoms in total. The summed E-state index contributed by atoms with van der Waals surface area (Å²) in [6.45, 7) is 6.61. The second-order valence-electron chi connectivity index (χ2n) is 5.76. The van der Waals surface area contributed by atoms with Crippen LogP contribution in [0.2, 0.25) is 0 Å². The van der Waals surface area contributed by atoms with Crippen molar-refractivity contribution in [2.75, 3.05) is 20.3 Å². The van der Waals surface area contributed by atoms with Gasteiger partial charge in [0.05, 0.1) is 6.61 Å². The molecule has 2 bridgehead atoms. The van der Waals surface area contributed by atoms with E-state index in [4.69, 9.17) is 4.74 Å². The molecule has 2 saturated heterocycles. The topological polar surface area (TPSA) is 24.5 Å². The predicted molar refractivity (Wildman–Crippen MR) is 71.3 cm³/mol. The van der Waals surface area contributed by atoms with E-state index in [9.17, 15) is 0 Å². The second-order valence-corrected chi connectivity index (χ2v) is 5.76. The van der Waals surface area contributed by atoms with Crippen LogP contribution in [0, 0.1) is 0 Å². The molecule has 0 aromatic carbocycles. The van der Waals surface area contributed by atoms with Crippen LogP contribution in [0.4, 0.5) is 0 Å². The SMILES string of the molecule is CCCNC1CC2CCC(C1)N2C(C)COC. The van der Waals surface area contributed by atoms with Gasteiger partial charge in [-0.1, -0.05) is 6.92 Å². The molecule has 0 aliphatic carbocycles. The Morgan fingerprint density at radius 2 is 1.94 bits per heavy atom. The molecule has 3 heteroatoms. The van der Waals surface area contributed by atoms with Gasteiger partial charge in [-0.2, -0.15) is 0 Å². The summed E-state index contributed by atoms with van der Waals surface area (Å²) in [5.74, 6) is 0. The Hall–Kier alpha value is -0.120. The van der Waals surface area contributed by atoms with Gasteiger partial charge in [-0.15, -0.1) is 0 Å². The molecule has 0 spiro atoms. The Balaban J connectivity index is 1.88. The van der Waals surface area contributed by atoms with Crippen molar-refractivity contribution in [2.45, 2.75) is 70.1 Å². The zero-order valence-corrected chi connectivity index (χ0v) is 11.6. The lowest BCUT2D eigenvalue weighted by Crippen LogP contribution is -2.53. The first kappa shape index (κ1) is 13.3. The highest BCUT2D eigenvalue weighted by Crippen LogP contribution is 2.37. The number of piperidine rings is 1. The number of ether oxygens (including phenoxy) is 1. The van der Waals surface area contributed by atoms with Crippen molar-refractivity contribution in [3.8, 4) is 0 Å². The van der Waals surface area contributed by atoms with Gasteiger partial charge >= 0.3 is 0 Å². The highest BCUT2D eigenvalue weighted by atomic mass is 16.5. The van der Waals surface area contributed by atoms with Gasteiger partial charge in [0.1, 0.15) is 0 Å². The molecule has 3 unspecified atom stereocenters. The highest BCUT2D eigenvalue weighted by molar-refractivity contribution is 4.99. The van der Waals surface area contributed by atoms with Crippen LogP contribution in [0.1, 0.15) is 46.0 Å². The van der Waals surface area contributed by atoms with E-state index in [-0.39, 0.29) is 0 Å². The predicted octanol–water partition coefficient (Wildman–Crippen LogP) is 2.02. The summed E-state index contributed by atoms with van der Waals surface area (Å²) in [6, 6.07) is 2.95. The van der Waals surface area contributed by atoms with Gasteiger partial charge in [-0.25, -0.2) is 0 Å². The standard InChI is InChI=1S/C14H28N2O/c1-4-7-15-12-8-13-5-6-14(9-12)16(13)11(2)10-17-3/h11-15H,4-10H2,1-3H3. The summed E-state index contributed by atoms with van der Waals surface area (Å²) in [7, 11) is 1.81. The molecule has 0 amide bonds. The van der Waals surface area contributed by atoms with Gasteiger partial charge < -0.3 is 10.1 Å². The molecule has 0 saturated carbocycles. The summed E-state index contributed by atoms with van der Waals surface area (Å²) >= 11 is 0. The Bertz CT molecular complexity index is 220. The first-order valence-electron chi connectivity index (χ1n) is 7.26. The van der Waals surface area contributed by atoms with Crippen molar-refractivity contribution < 1.29 is 4.74 Å². The zero-order valence-electron chi connectivity index (χ0n) is 11.6. The van der Waals surface area contributed by atoms with Gasteiger partial charge in [-0.3, -0.25) is 4.90 Å². The van der Waals surface area contributed by atoms with Crippen LogP contribution >= 0.6 is 0 Å². The van der Waals surface area contributed by atoms with Crippen LogP contribution in [0.3, 0.4) is 0 Å². The molecule has 0 aromatic heterocycles. The van der Waals surface area contributed by atoms with Crippen molar-refractivity contribution in [2.24, 2.45) is 0 Å². The summed E-state index contributed by atoms with van der Waals surface area (Å²) < 4.78 is 5.32. The number of hydrogen-bond acceptors (Lipinski definition) is 3. The Labute approximate surface area is 106 Å². The minimum Gasteiger partial charge on any atom is -0.383 e. The maximum absolute atomic E-state index is 5.32. The smallest absolute Gasteiger partial charge is 0.0615 e. The van der Waals surface area contributed by atoms with Crippen LogP contribution in [0.5, 0.6) is 0 Å². The first-order chi connectivity index (χ1) is 8.26. The number of rotatable bonds is 6. The lowest BCUT2D eigenvalue weighted by Gasteiger charge is -2.42. The Kier molecular flexibility index (Phi) is 4.83. The van der Waals surface area contributed by atoms with Crippen molar-refractivity contribution in [3.63, 3.8) is 0 Å². The second kappa shape index (κ2) is 6.17. The highest BCUT2D eigenvalue weighted by Gasteiger charge is 2.42. The van der Waals surface area contributed by atoms with E-state index in [0.717, 1.165) is 24.7 Å². The molecule has 0 aromatic rings. The average Bonchev–Trinajstić information content (AvgIpc) is 2.59. The Morgan fingerprint density at radius 3 is 2.47 bits per heavy atom. The summed E-state index contributed by atoms with van der Waals surface area (Å²) in [4.78, 5) is 2.73. The van der Waals surface area contributed by atoms with E-state index < -0.39 is 0 Å². The van der Waals surface area contributed by atoms with Crippen molar-refractivity contribution >= 4 is 0 Å². The van der Waals surface area contributed by atoms with Crippen molar-refractivity contribution in [3.05, 3.63) is 0 Å². The molecular formula is C14H28N2O. The molecule has 2 fully saturated rings. The van der Waals surface area contributed by atoms with Crippen molar-refractivity contribution in [1.29, 1.82) is 0 Å². The van der Waals surface area contributed by atoms with Crippen LogP contribution in [0.15, 0.2) is 0 Å². The lowest BCUT2D eigenvalue weighted by molar-refractivity contribution is 0.0335. The fourth-order valence-corrected chi connectivity index (χ4v) is 3.78. The fourth-order valence-electron chi connectivity index (χ4n) is 3.78. The first-order valence-corrected chi connectivity index (χ1v) is 7.26. The molecule has 2 heterocycles. The number of hydrogen-bond donors (Lipinski definition) is 1. The van der Waals surface area contributed by atoms with E-state index in [1.165, 1.54) is 38.6 Å². The van der Waals surface area contributed by atoms with Gasteiger partial charge in [0, 0.05) is 31.3 Å². The summed E-state index contributed by atoms with van der Waals surface area (Å²) in [5.41, 5.74) is 0. The molecule has 2 aliphatic rings. The maximum atomic E-state index is 5.32. The van der Waals surface area contributed by atoms with Gasteiger partial charge in [0.25, 0.3) is 0 Å². The van der Waals surface area contributed by atoms with Gasteiger partial charge in [0.2, 0.25) is 0 Å². The average molecular weight is 240 g/mol. The quantitative estimate of drug-likeness (QED) is 0.769. The van der Waals surface area contributed by atoms with Gasteiger partial charge in [0.15, 0.2) is 0 Å². The fraction of sp³-hybridized carbons (Fsp3) is 1.00. The summed E-state index contributed by atoms with van der Waals surface area (Å²) in [6.07, 6.45) is 6.71. The molecule has 2 aliphatic heterocycles. The zero-order chi connectivity index (χ0) is 12.3. The minimum atomic E-state index is 0.588. The number of methoxy groups -OCH3 is 1. The van der Waals surface area contributed by atoms with E-state index in [0.29, 0.717) is 6.04 Å². The third-order valence-electron chi connectivity index (χ3n) is 4.39. The maximum Gasteiger partial charge on any atom is 0.0615 e. The normalized spacial score (nSPS) is 35.1. The third-order valence-corrected chi connectivity index (χ3v) is 4.39. The molecular weight excluding hydrogens is 212 g/mol. The molecule has 2 rings (SSSR count). The third kappa shape index (κ3) is 3.01. The Morgan fingerprint density at radius 1 is 1.29 bits per heavy atom. The van der Waals surface area contributed by atoms with Crippen LogP contribution in [-0.4, -0.2) is 49.3 Å². The van der Waals surface area contributed by atoms with E-state index >= 15 is 0 Å². The van der Waals surface area contributed by atoms with Crippen molar-refractivity contribution in [1.82, 2.24) is 10.2 Å². The monoisotopic (exact) mass is 240 g/mol. The molecule has 1 N–H and O–H groups in total. The van der Waals surface area contributed by atoms with E-state index in [1.807, 2.05) is 7.11 Å². The van der Waals surface area contributed by atoms with Gasteiger partial charge in [-0.05, 0) is 45.6 Å². The van der Waals surface area contributed by atoms with E-state index in [1.54, 1.807) is 0 Å². The van der Waals surface area contributed by atoms with Crippen LogP contribution in [-0.2, 0) is 4.74 Å². The van der Waals surface area contributed by atoms with E-state index in [2.05, 4.69) is 24.1 Å². The summed E-state index contributed by atoms with van der Waals surface area (Å²) in [5, 5.41) is 3.71. The van der Waals surface area contributed by atoms with Crippen LogP contribution in [0.25, 0.3) is 0 Å². The number of nitrogens with zero attached hydrogens (tertiary/aromatic N) is 1. The molecule has 100 valence electrons. The molecule has 17 heavy (non-hydrogen) atoms.